The van der Waals surface area contributed by atoms with Gasteiger partial charge in [-0.25, -0.2) is 9.37 Å². The van der Waals surface area contributed by atoms with E-state index >= 15 is 0 Å². The van der Waals surface area contributed by atoms with Crippen LogP contribution in [0.25, 0.3) is 0 Å². The summed E-state index contributed by atoms with van der Waals surface area (Å²) in [5, 5.41) is 2.79. The average molecular weight is 247 g/mol. The molecule has 0 saturated carbocycles. The van der Waals surface area contributed by atoms with Crippen molar-refractivity contribution in [2.24, 2.45) is 0 Å². The number of H-pyrrole nitrogens is 1. The minimum absolute atomic E-state index is 0.224. The van der Waals surface area contributed by atoms with Crippen LogP contribution in [0.15, 0.2) is 30.6 Å². The summed E-state index contributed by atoms with van der Waals surface area (Å²) in [6.45, 7) is 3.45. The van der Waals surface area contributed by atoms with Gasteiger partial charge in [0.15, 0.2) is 0 Å². The average Bonchev–Trinajstić information content (AvgIpc) is 2.86. The van der Waals surface area contributed by atoms with Crippen molar-refractivity contribution in [2.45, 2.75) is 19.9 Å². The first-order valence-electron chi connectivity index (χ1n) is 5.64. The van der Waals surface area contributed by atoms with E-state index in [2.05, 4.69) is 15.3 Å². The first kappa shape index (κ1) is 12.3. The van der Waals surface area contributed by atoms with E-state index in [9.17, 15) is 9.18 Å². The summed E-state index contributed by atoms with van der Waals surface area (Å²) in [4.78, 5) is 18.9. The zero-order chi connectivity index (χ0) is 13.1. The van der Waals surface area contributed by atoms with Crippen LogP contribution in [0.3, 0.4) is 0 Å². The SMILES string of the molecule is Cc1cc(C(=O)NC(C)c2ncc[nH]2)ccc1F. The molecule has 94 valence electrons. The van der Waals surface area contributed by atoms with Crippen LogP contribution in [0.1, 0.15) is 34.7 Å². The second-order valence-corrected chi connectivity index (χ2v) is 4.13. The predicted molar refractivity (Wildman–Crippen MR) is 65.6 cm³/mol. The number of hydrogen-bond acceptors (Lipinski definition) is 2. The third-order valence-corrected chi connectivity index (χ3v) is 2.70. The lowest BCUT2D eigenvalue weighted by Crippen LogP contribution is -2.27. The van der Waals surface area contributed by atoms with E-state index in [-0.39, 0.29) is 17.8 Å². The fourth-order valence-electron chi connectivity index (χ4n) is 1.65. The highest BCUT2D eigenvalue weighted by molar-refractivity contribution is 5.94. The zero-order valence-electron chi connectivity index (χ0n) is 10.2. The third kappa shape index (κ3) is 2.56. The summed E-state index contributed by atoms with van der Waals surface area (Å²) in [5.74, 6) is 0.120. The number of benzene rings is 1. The number of amides is 1. The molecule has 0 spiro atoms. The Morgan fingerprint density at radius 1 is 1.50 bits per heavy atom. The molecule has 18 heavy (non-hydrogen) atoms. The van der Waals surface area contributed by atoms with Crippen LogP contribution in [0.5, 0.6) is 0 Å². The zero-order valence-corrected chi connectivity index (χ0v) is 10.2. The van der Waals surface area contributed by atoms with Gasteiger partial charge in [0.2, 0.25) is 0 Å². The molecule has 1 amide bonds. The van der Waals surface area contributed by atoms with Crippen LogP contribution in [0.4, 0.5) is 4.39 Å². The number of nitrogens with one attached hydrogen (secondary N) is 2. The number of carbonyl (C=O) groups excluding carboxylic acids is 1. The number of aromatic nitrogens is 2. The van der Waals surface area contributed by atoms with E-state index in [0.29, 0.717) is 17.0 Å². The maximum absolute atomic E-state index is 13.1. The Kier molecular flexibility index (Phi) is 3.41. The van der Waals surface area contributed by atoms with Gasteiger partial charge >= 0.3 is 0 Å². The van der Waals surface area contributed by atoms with Crippen molar-refractivity contribution in [1.82, 2.24) is 15.3 Å². The molecule has 4 nitrogen and oxygen atoms in total. The fourth-order valence-corrected chi connectivity index (χ4v) is 1.65. The monoisotopic (exact) mass is 247 g/mol. The van der Waals surface area contributed by atoms with Gasteiger partial charge in [0, 0.05) is 18.0 Å². The van der Waals surface area contributed by atoms with E-state index in [1.807, 2.05) is 6.92 Å². The van der Waals surface area contributed by atoms with Gasteiger partial charge in [-0.05, 0) is 37.6 Å². The van der Waals surface area contributed by atoms with Crippen molar-refractivity contribution < 1.29 is 9.18 Å². The number of rotatable bonds is 3. The number of hydrogen-bond donors (Lipinski definition) is 2. The van der Waals surface area contributed by atoms with E-state index in [1.54, 1.807) is 19.3 Å². The lowest BCUT2D eigenvalue weighted by Gasteiger charge is -2.11. The lowest BCUT2D eigenvalue weighted by atomic mass is 10.1. The third-order valence-electron chi connectivity index (χ3n) is 2.70. The van der Waals surface area contributed by atoms with Gasteiger partial charge in [0.25, 0.3) is 5.91 Å². The number of nitrogens with zero attached hydrogens (tertiary/aromatic N) is 1. The molecule has 1 aromatic heterocycles. The van der Waals surface area contributed by atoms with E-state index < -0.39 is 0 Å². The highest BCUT2D eigenvalue weighted by Crippen LogP contribution is 2.11. The van der Waals surface area contributed by atoms with Gasteiger partial charge in [0.05, 0.1) is 6.04 Å². The Morgan fingerprint density at radius 3 is 2.89 bits per heavy atom. The van der Waals surface area contributed by atoms with Gasteiger partial charge in [0.1, 0.15) is 11.6 Å². The highest BCUT2D eigenvalue weighted by Gasteiger charge is 2.13. The Hall–Kier alpha value is -2.17. The van der Waals surface area contributed by atoms with Gasteiger partial charge < -0.3 is 10.3 Å². The van der Waals surface area contributed by atoms with Gasteiger partial charge in [-0.3, -0.25) is 4.79 Å². The summed E-state index contributed by atoms with van der Waals surface area (Å²) < 4.78 is 13.1. The van der Waals surface area contributed by atoms with E-state index in [4.69, 9.17) is 0 Å². The summed E-state index contributed by atoms with van der Waals surface area (Å²) in [6, 6.07) is 4.06. The van der Waals surface area contributed by atoms with Crippen molar-refractivity contribution in [3.63, 3.8) is 0 Å². The van der Waals surface area contributed by atoms with Crippen molar-refractivity contribution in [2.75, 3.05) is 0 Å². The molecule has 0 fully saturated rings. The topological polar surface area (TPSA) is 57.8 Å². The first-order valence-corrected chi connectivity index (χ1v) is 5.64. The Bertz CT molecular complexity index is 551. The molecule has 1 unspecified atom stereocenters. The number of aryl methyl sites for hydroxylation is 1. The molecule has 0 saturated heterocycles. The molecule has 5 heteroatoms. The number of carbonyl (C=O) groups is 1. The maximum atomic E-state index is 13.1. The molecule has 0 aliphatic rings. The smallest absolute Gasteiger partial charge is 0.251 e. The summed E-state index contributed by atoms with van der Waals surface area (Å²) in [7, 11) is 0. The molecule has 0 aliphatic carbocycles. The van der Waals surface area contributed by atoms with Crippen molar-refractivity contribution >= 4 is 5.91 Å². The van der Waals surface area contributed by atoms with Crippen LogP contribution < -0.4 is 5.32 Å². The molecule has 2 rings (SSSR count). The Labute approximate surface area is 104 Å². The van der Waals surface area contributed by atoms with Gasteiger partial charge in [-0.1, -0.05) is 0 Å². The molecule has 0 bridgehead atoms. The highest BCUT2D eigenvalue weighted by atomic mass is 19.1. The molecular formula is C13H14FN3O. The summed E-state index contributed by atoms with van der Waals surface area (Å²) >= 11 is 0. The first-order chi connectivity index (χ1) is 8.58. The van der Waals surface area contributed by atoms with Crippen LogP contribution in [-0.2, 0) is 0 Å². The van der Waals surface area contributed by atoms with E-state index in [0.717, 1.165) is 0 Å². The molecule has 1 aromatic carbocycles. The van der Waals surface area contributed by atoms with E-state index in [1.165, 1.54) is 18.2 Å². The molecule has 2 aromatic rings. The number of imidazole rings is 1. The van der Waals surface area contributed by atoms with Crippen molar-refractivity contribution in [3.05, 3.63) is 53.4 Å². The van der Waals surface area contributed by atoms with Crippen LogP contribution in [0, 0.1) is 12.7 Å². The standard InChI is InChI=1S/C13H14FN3O/c1-8-7-10(3-4-11(8)14)13(18)17-9(2)12-15-5-6-16-12/h3-7,9H,1-2H3,(H,15,16)(H,17,18). The number of aromatic amines is 1. The normalized spacial score (nSPS) is 12.2. The van der Waals surface area contributed by atoms with Crippen LogP contribution >= 0.6 is 0 Å². The summed E-state index contributed by atoms with van der Waals surface area (Å²) in [5.41, 5.74) is 0.889. The second-order valence-electron chi connectivity index (χ2n) is 4.13. The molecule has 1 atom stereocenters. The predicted octanol–water partition coefficient (Wildman–Crippen LogP) is 2.35. The minimum atomic E-state index is -0.314. The van der Waals surface area contributed by atoms with Crippen molar-refractivity contribution in [3.8, 4) is 0 Å². The maximum Gasteiger partial charge on any atom is 0.251 e. The molecular weight excluding hydrogens is 233 g/mol. The molecule has 2 N–H and O–H groups in total. The largest absolute Gasteiger partial charge is 0.347 e. The molecule has 0 aliphatic heterocycles. The van der Waals surface area contributed by atoms with Crippen molar-refractivity contribution in [1.29, 1.82) is 0 Å². The second kappa shape index (κ2) is 5.00. The molecule has 1 heterocycles. The minimum Gasteiger partial charge on any atom is -0.347 e. The van der Waals surface area contributed by atoms with Gasteiger partial charge in [-0.2, -0.15) is 0 Å². The summed E-state index contributed by atoms with van der Waals surface area (Å²) in [6.07, 6.45) is 3.32. The fraction of sp³-hybridized carbons (Fsp3) is 0.231. The van der Waals surface area contributed by atoms with Crippen LogP contribution in [0.2, 0.25) is 0 Å². The number of halogens is 1. The lowest BCUT2D eigenvalue weighted by molar-refractivity contribution is 0.0938. The Morgan fingerprint density at radius 2 is 2.28 bits per heavy atom. The molecule has 0 radical (unpaired) electrons. The van der Waals surface area contributed by atoms with Crippen LogP contribution in [-0.4, -0.2) is 15.9 Å². The Balaban J connectivity index is 2.10. The quantitative estimate of drug-likeness (QED) is 0.874. The van der Waals surface area contributed by atoms with Gasteiger partial charge in [-0.15, -0.1) is 0 Å².